The lowest BCUT2D eigenvalue weighted by Gasteiger charge is -2.36. The van der Waals surface area contributed by atoms with Crippen LogP contribution in [-0.4, -0.2) is 56.4 Å². The number of ether oxygens (including phenoxy) is 1. The van der Waals surface area contributed by atoms with E-state index in [0.29, 0.717) is 45.0 Å². The third-order valence-corrected chi connectivity index (χ3v) is 3.81. The van der Waals surface area contributed by atoms with Crippen molar-refractivity contribution in [2.45, 2.75) is 26.4 Å². The van der Waals surface area contributed by atoms with Crippen molar-refractivity contribution in [3.8, 4) is 0 Å². The van der Waals surface area contributed by atoms with Crippen molar-refractivity contribution >= 4 is 11.7 Å². The highest BCUT2D eigenvalue weighted by Gasteiger charge is 2.22. The van der Waals surface area contributed by atoms with Crippen LogP contribution < -0.4 is 10.2 Å². The number of carbonyl (C=O) groups excluding carboxylic acids is 1. The molecule has 1 aliphatic heterocycles. The molecule has 1 aromatic carbocycles. The predicted molar refractivity (Wildman–Crippen MR) is 89.3 cm³/mol. The topological polar surface area (TPSA) is 44.8 Å². The number of nitrogens with zero attached hydrogens (tertiary/aromatic N) is 2. The average Bonchev–Trinajstić information content (AvgIpc) is 2.55. The zero-order valence-electron chi connectivity index (χ0n) is 13.9. The van der Waals surface area contributed by atoms with Crippen molar-refractivity contribution in [1.82, 2.24) is 10.2 Å². The van der Waals surface area contributed by atoms with Crippen LogP contribution in [0.25, 0.3) is 0 Å². The molecule has 128 valence electrons. The van der Waals surface area contributed by atoms with Gasteiger partial charge in [0.25, 0.3) is 0 Å². The van der Waals surface area contributed by atoms with Gasteiger partial charge in [0.05, 0.1) is 11.8 Å². The number of hydrogen-bond donors (Lipinski definition) is 1. The molecule has 0 spiro atoms. The molecule has 2 rings (SSSR count). The molecule has 1 aliphatic rings. The number of urea groups is 1. The highest BCUT2D eigenvalue weighted by Crippen LogP contribution is 2.20. The monoisotopic (exact) mass is 323 g/mol. The molecule has 2 amide bonds. The van der Waals surface area contributed by atoms with E-state index in [1.807, 2.05) is 24.8 Å². The molecule has 0 atom stereocenters. The van der Waals surface area contributed by atoms with Gasteiger partial charge in [-0.3, -0.25) is 0 Å². The number of halogens is 1. The number of rotatable bonds is 6. The van der Waals surface area contributed by atoms with Gasteiger partial charge in [0, 0.05) is 39.3 Å². The van der Waals surface area contributed by atoms with Crippen molar-refractivity contribution in [1.29, 1.82) is 0 Å². The van der Waals surface area contributed by atoms with Crippen LogP contribution in [0.15, 0.2) is 24.3 Å². The van der Waals surface area contributed by atoms with Gasteiger partial charge in [-0.2, -0.15) is 0 Å². The SMILES string of the molecule is CC(C)OCCCNC(=O)N1CCN(c2ccccc2F)CC1. The Balaban J connectivity index is 1.70. The smallest absolute Gasteiger partial charge is 0.317 e. The lowest BCUT2D eigenvalue weighted by molar-refractivity contribution is 0.0771. The van der Waals surface area contributed by atoms with Crippen molar-refractivity contribution < 1.29 is 13.9 Å². The van der Waals surface area contributed by atoms with Crippen LogP contribution in [0.4, 0.5) is 14.9 Å². The van der Waals surface area contributed by atoms with Gasteiger partial charge < -0.3 is 19.9 Å². The summed E-state index contributed by atoms with van der Waals surface area (Å²) in [5.74, 6) is -0.212. The van der Waals surface area contributed by atoms with Gasteiger partial charge in [-0.05, 0) is 32.4 Å². The first-order valence-corrected chi connectivity index (χ1v) is 8.22. The third-order valence-electron chi connectivity index (χ3n) is 3.81. The summed E-state index contributed by atoms with van der Waals surface area (Å²) in [5.41, 5.74) is 0.610. The number of para-hydroxylation sites is 1. The molecule has 0 aliphatic carbocycles. The Morgan fingerprint density at radius 1 is 1.26 bits per heavy atom. The van der Waals surface area contributed by atoms with Gasteiger partial charge in [0.1, 0.15) is 5.82 Å². The minimum atomic E-state index is -0.212. The van der Waals surface area contributed by atoms with E-state index < -0.39 is 0 Å². The fourth-order valence-electron chi connectivity index (χ4n) is 2.56. The van der Waals surface area contributed by atoms with E-state index in [9.17, 15) is 9.18 Å². The number of nitrogens with one attached hydrogen (secondary N) is 1. The Hall–Kier alpha value is -1.82. The molecule has 0 radical (unpaired) electrons. The first-order chi connectivity index (χ1) is 11.1. The van der Waals surface area contributed by atoms with Gasteiger partial charge in [-0.15, -0.1) is 0 Å². The number of benzene rings is 1. The Labute approximate surface area is 137 Å². The second kappa shape index (κ2) is 8.72. The Morgan fingerprint density at radius 3 is 2.61 bits per heavy atom. The van der Waals surface area contributed by atoms with Crippen LogP contribution in [0, 0.1) is 5.82 Å². The van der Waals surface area contributed by atoms with Crippen molar-refractivity contribution in [3.05, 3.63) is 30.1 Å². The molecule has 0 unspecified atom stereocenters. The molecular formula is C17H26FN3O2. The molecule has 23 heavy (non-hydrogen) atoms. The lowest BCUT2D eigenvalue weighted by atomic mass is 10.2. The van der Waals surface area contributed by atoms with Gasteiger partial charge in [-0.1, -0.05) is 12.1 Å². The summed E-state index contributed by atoms with van der Waals surface area (Å²) in [7, 11) is 0. The number of amides is 2. The number of carbonyl (C=O) groups is 1. The maximum atomic E-state index is 13.8. The first kappa shape index (κ1) is 17.5. The van der Waals surface area contributed by atoms with E-state index in [-0.39, 0.29) is 18.0 Å². The van der Waals surface area contributed by atoms with E-state index in [4.69, 9.17) is 4.74 Å². The summed E-state index contributed by atoms with van der Waals surface area (Å²) in [6.07, 6.45) is 1.02. The number of piperazine rings is 1. The molecule has 0 bridgehead atoms. The fourth-order valence-corrected chi connectivity index (χ4v) is 2.56. The second-order valence-electron chi connectivity index (χ2n) is 5.93. The van der Waals surface area contributed by atoms with Crippen molar-refractivity contribution in [3.63, 3.8) is 0 Å². The zero-order valence-corrected chi connectivity index (χ0v) is 13.9. The molecule has 0 aromatic heterocycles. The van der Waals surface area contributed by atoms with Gasteiger partial charge >= 0.3 is 6.03 Å². The van der Waals surface area contributed by atoms with Crippen LogP contribution in [0.2, 0.25) is 0 Å². The van der Waals surface area contributed by atoms with Crippen LogP contribution in [0.3, 0.4) is 0 Å². The van der Waals surface area contributed by atoms with Crippen molar-refractivity contribution in [2.24, 2.45) is 0 Å². The molecular weight excluding hydrogens is 297 g/mol. The van der Waals surface area contributed by atoms with Crippen LogP contribution >= 0.6 is 0 Å². The van der Waals surface area contributed by atoms with E-state index in [1.54, 1.807) is 17.0 Å². The normalized spacial score (nSPS) is 15.1. The largest absolute Gasteiger partial charge is 0.379 e. The number of hydrogen-bond acceptors (Lipinski definition) is 3. The van der Waals surface area contributed by atoms with Gasteiger partial charge in [0.15, 0.2) is 0 Å². The van der Waals surface area contributed by atoms with E-state index in [0.717, 1.165) is 6.42 Å². The molecule has 0 saturated carbocycles. The molecule has 1 aromatic rings. The minimum absolute atomic E-state index is 0.0530. The van der Waals surface area contributed by atoms with Crippen LogP contribution in [0.1, 0.15) is 20.3 Å². The van der Waals surface area contributed by atoms with Crippen LogP contribution in [-0.2, 0) is 4.74 Å². The Morgan fingerprint density at radius 2 is 1.96 bits per heavy atom. The molecule has 1 fully saturated rings. The quantitative estimate of drug-likeness (QED) is 0.818. The summed E-state index contributed by atoms with van der Waals surface area (Å²) >= 11 is 0. The van der Waals surface area contributed by atoms with E-state index in [2.05, 4.69) is 5.32 Å². The molecule has 1 N–H and O–H groups in total. The zero-order chi connectivity index (χ0) is 16.7. The molecule has 1 saturated heterocycles. The maximum Gasteiger partial charge on any atom is 0.317 e. The second-order valence-corrected chi connectivity index (χ2v) is 5.93. The minimum Gasteiger partial charge on any atom is -0.379 e. The first-order valence-electron chi connectivity index (χ1n) is 8.22. The maximum absolute atomic E-state index is 13.8. The summed E-state index contributed by atoms with van der Waals surface area (Å²) in [6, 6.07) is 6.71. The Bertz CT molecular complexity index is 502. The van der Waals surface area contributed by atoms with E-state index in [1.165, 1.54) is 6.07 Å². The average molecular weight is 323 g/mol. The summed E-state index contributed by atoms with van der Waals surface area (Å²) in [6.45, 7) is 7.74. The summed E-state index contributed by atoms with van der Waals surface area (Å²) < 4.78 is 19.2. The Kier molecular flexibility index (Phi) is 6.65. The summed E-state index contributed by atoms with van der Waals surface area (Å²) in [5, 5.41) is 2.91. The highest BCUT2D eigenvalue weighted by atomic mass is 19.1. The molecule has 1 heterocycles. The summed E-state index contributed by atoms with van der Waals surface area (Å²) in [4.78, 5) is 15.8. The highest BCUT2D eigenvalue weighted by molar-refractivity contribution is 5.74. The number of anilines is 1. The standard InChI is InChI=1S/C17H26FN3O2/c1-14(2)23-13-5-8-19-17(22)21-11-9-20(10-12-21)16-7-4-3-6-15(16)18/h3-4,6-7,14H,5,8-13H2,1-2H3,(H,19,22). The van der Waals surface area contributed by atoms with Gasteiger partial charge in [0.2, 0.25) is 0 Å². The lowest BCUT2D eigenvalue weighted by Crippen LogP contribution is -2.52. The fraction of sp³-hybridized carbons (Fsp3) is 0.588. The predicted octanol–water partition coefficient (Wildman–Crippen LogP) is 2.47. The van der Waals surface area contributed by atoms with Gasteiger partial charge in [-0.25, -0.2) is 9.18 Å². The molecule has 5 nitrogen and oxygen atoms in total. The van der Waals surface area contributed by atoms with Crippen LogP contribution in [0.5, 0.6) is 0 Å². The molecule has 6 heteroatoms. The third kappa shape index (κ3) is 5.39. The van der Waals surface area contributed by atoms with E-state index >= 15 is 0 Å². The van der Waals surface area contributed by atoms with Crippen molar-refractivity contribution in [2.75, 3.05) is 44.2 Å².